The van der Waals surface area contributed by atoms with Crippen molar-refractivity contribution >= 4 is 5.97 Å². The lowest BCUT2D eigenvalue weighted by Gasteiger charge is -2.17. The number of hydrogen-bond acceptors (Lipinski definition) is 4. The molecule has 24 heavy (non-hydrogen) atoms. The maximum atomic E-state index is 14.2. The Morgan fingerprint density at radius 2 is 1.96 bits per heavy atom. The van der Waals surface area contributed by atoms with E-state index in [1.54, 1.807) is 20.0 Å². The molecule has 0 saturated heterocycles. The molecule has 5 nitrogen and oxygen atoms in total. The molecule has 0 fully saturated rings. The minimum Gasteiger partial charge on any atom is -0.478 e. The second-order valence-electron chi connectivity index (χ2n) is 5.96. The Hall–Kier alpha value is -2.31. The molecular weight excluding hydrogens is 313 g/mol. The van der Waals surface area contributed by atoms with Crippen LogP contribution in [0.2, 0.25) is 0 Å². The van der Waals surface area contributed by atoms with Gasteiger partial charge in [0.2, 0.25) is 0 Å². The monoisotopic (exact) mass is 333 g/mol. The summed E-state index contributed by atoms with van der Waals surface area (Å²) in [6.07, 6.45) is 2.81. The number of benzene rings is 1. The summed E-state index contributed by atoms with van der Waals surface area (Å²) in [5, 5.41) is 18.3. The lowest BCUT2D eigenvalue weighted by molar-refractivity contribution is -0.176. The van der Waals surface area contributed by atoms with Gasteiger partial charge in [0.25, 0.3) is 0 Å². The number of aromatic nitrogens is 1. The minimum atomic E-state index is -1.17. The first-order valence-corrected chi connectivity index (χ1v) is 7.61. The Morgan fingerprint density at radius 3 is 2.50 bits per heavy atom. The fraction of sp³-hybridized carbons (Fsp3) is 0.333. The summed E-state index contributed by atoms with van der Waals surface area (Å²) in [7, 11) is 0. The van der Waals surface area contributed by atoms with E-state index in [1.165, 1.54) is 30.3 Å². The van der Waals surface area contributed by atoms with Gasteiger partial charge in [0, 0.05) is 11.8 Å². The molecule has 0 aliphatic rings. The van der Waals surface area contributed by atoms with E-state index in [0.29, 0.717) is 25.0 Å². The van der Waals surface area contributed by atoms with Gasteiger partial charge in [0.15, 0.2) is 5.79 Å². The smallest absolute Gasteiger partial charge is 0.335 e. The van der Waals surface area contributed by atoms with Crippen LogP contribution in [0, 0.1) is 5.82 Å². The number of pyridine rings is 1. The van der Waals surface area contributed by atoms with Crippen LogP contribution in [0.3, 0.4) is 0 Å². The van der Waals surface area contributed by atoms with E-state index < -0.39 is 17.6 Å². The molecule has 1 heterocycles. The minimum absolute atomic E-state index is 0.141. The molecular formula is C18H20FNO4. The topological polar surface area (TPSA) is 79.7 Å². The Labute approximate surface area is 139 Å². The first kappa shape index (κ1) is 18.0. The number of ether oxygens (including phenoxy) is 1. The highest BCUT2D eigenvalue weighted by molar-refractivity contribution is 5.88. The number of aryl methyl sites for hydroxylation is 1. The van der Waals surface area contributed by atoms with Gasteiger partial charge in [0.1, 0.15) is 11.5 Å². The third kappa shape index (κ3) is 5.11. The number of nitrogens with zero attached hydrogens (tertiary/aromatic N) is 1. The number of aromatic carboxylic acids is 1. The quantitative estimate of drug-likeness (QED) is 0.600. The molecule has 2 rings (SSSR count). The van der Waals surface area contributed by atoms with Crippen LogP contribution in [0.1, 0.15) is 36.2 Å². The zero-order chi connectivity index (χ0) is 17.7. The third-order valence-electron chi connectivity index (χ3n) is 3.37. The fourth-order valence-electron chi connectivity index (χ4n) is 2.20. The van der Waals surface area contributed by atoms with E-state index in [-0.39, 0.29) is 11.3 Å². The van der Waals surface area contributed by atoms with Gasteiger partial charge in [-0.25, -0.2) is 9.18 Å². The van der Waals surface area contributed by atoms with Gasteiger partial charge in [-0.15, -0.1) is 0 Å². The number of carboxylic acid groups (broad SMARTS) is 1. The highest BCUT2D eigenvalue weighted by atomic mass is 19.1. The maximum absolute atomic E-state index is 14.2. The molecule has 128 valence electrons. The number of carbonyl (C=O) groups is 1. The van der Waals surface area contributed by atoms with Gasteiger partial charge in [0.05, 0.1) is 12.2 Å². The van der Waals surface area contributed by atoms with Crippen LogP contribution >= 0.6 is 0 Å². The highest BCUT2D eigenvalue weighted by Crippen LogP contribution is 2.22. The van der Waals surface area contributed by atoms with E-state index in [9.17, 15) is 14.3 Å². The lowest BCUT2D eigenvalue weighted by Crippen LogP contribution is -2.23. The summed E-state index contributed by atoms with van der Waals surface area (Å²) in [5.74, 6) is -2.66. The number of aliphatic hydroxyl groups is 1. The van der Waals surface area contributed by atoms with E-state index in [0.717, 1.165) is 5.56 Å². The predicted octanol–water partition coefficient (Wildman–Crippen LogP) is 3.26. The summed E-state index contributed by atoms with van der Waals surface area (Å²) in [6, 6.07) is 7.32. The van der Waals surface area contributed by atoms with Gasteiger partial charge in [-0.1, -0.05) is 12.1 Å². The molecule has 0 unspecified atom stereocenters. The lowest BCUT2D eigenvalue weighted by atomic mass is 10.1. The fourth-order valence-corrected chi connectivity index (χ4v) is 2.20. The van der Waals surface area contributed by atoms with E-state index in [2.05, 4.69) is 4.98 Å². The molecule has 2 aromatic rings. The van der Waals surface area contributed by atoms with Crippen molar-refractivity contribution in [2.75, 3.05) is 6.61 Å². The molecule has 0 atom stereocenters. The molecule has 0 spiro atoms. The first-order valence-electron chi connectivity index (χ1n) is 7.61. The zero-order valence-electron chi connectivity index (χ0n) is 13.6. The summed E-state index contributed by atoms with van der Waals surface area (Å²) >= 11 is 0. The van der Waals surface area contributed by atoms with Gasteiger partial charge < -0.3 is 14.9 Å². The Bertz CT molecular complexity index is 708. The number of hydrogen-bond donors (Lipinski definition) is 2. The van der Waals surface area contributed by atoms with Crippen molar-refractivity contribution < 1.29 is 24.1 Å². The van der Waals surface area contributed by atoms with Crippen LogP contribution < -0.4 is 0 Å². The van der Waals surface area contributed by atoms with Crippen LogP contribution in [0.25, 0.3) is 11.3 Å². The molecule has 2 N–H and O–H groups in total. The molecule has 1 aromatic heterocycles. The summed E-state index contributed by atoms with van der Waals surface area (Å²) in [6.45, 7) is 3.47. The van der Waals surface area contributed by atoms with Gasteiger partial charge >= 0.3 is 5.97 Å². The highest BCUT2D eigenvalue weighted by Gasteiger charge is 2.12. The van der Waals surface area contributed by atoms with Gasteiger partial charge in [-0.2, -0.15) is 0 Å². The Kier molecular flexibility index (Phi) is 5.64. The molecule has 0 saturated carbocycles. The van der Waals surface area contributed by atoms with Crippen LogP contribution in [0.15, 0.2) is 36.5 Å². The van der Waals surface area contributed by atoms with Crippen molar-refractivity contribution in [3.05, 3.63) is 53.5 Å². The van der Waals surface area contributed by atoms with E-state index in [4.69, 9.17) is 9.84 Å². The zero-order valence-corrected chi connectivity index (χ0v) is 13.6. The number of carboxylic acids is 1. The molecule has 6 heteroatoms. The first-order chi connectivity index (χ1) is 11.3. The predicted molar refractivity (Wildman–Crippen MR) is 87.2 cm³/mol. The normalized spacial score (nSPS) is 11.5. The van der Waals surface area contributed by atoms with E-state index >= 15 is 0 Å². The molecule has 0 bridgehead atoms. The second kappa shape index (κ2) is 7.51. The van der Waals surface area contributed by atoms with Crippen LogP contribution in [-0.4, -0.2) is 33.6 Å². The van der Waals surface area contributed by atoms with E-state index in [1.807, 2.05) is 0 Å². The van der Waals surface area contributed by atoms with Crippen molar-refractivity contribution in [2.45, 2.75) is 32.5 Å². The van der Waals surface area contributed by atoms with Crippen molar-refractivity contribution in [1.29, 1.82) is 0 Å². The average molecular weight is 333 g/mol. The van der Waals surface area contributed by atoms with Gasteiger partial charge in [-0.3, -0.25) is 4.98 Å². The third-order valence-corrected chi connectivity index (χ3v) is 3.37. The van der Waals surface area contributed by atoms with Crippen molar-refractivity contribution in [2.24, 2.45) is 0 Å². The van der Waals surface area contributed by atoms with Crippen molar-refractivity contribution in [1.82, 2.24) is 4.98 Å². The van der Waals surface area contributed by atoms with Crippen molar-refractivity contribution in [3.8, 4) is 11.3 Å². The van der Waals surface area contributed by atoms with Crippen LogP contribution in [0.4, 0.5) is 4.39 Å². The Morgan fingerprint density at radius 1 is 1.29 bits per heavy atom. The standard InChI is InChI=1S/C18H20FNO4/c1-18(2,23)24-9-3-4-12-10-15(19)16(20-11-12)13-5-7-14(8-6-13)17(21)22/h5-8,10-11,23H,3-4,9H2,1-2H3,(H,21,22). The molecule has 0 aliphatic heterocycles. The number of rotatable bonds is 7. The molecule has 0 amide bonds. The van der Waals surface area contributed by atoms with Crippen molar-refractivity contribution in [3.63, 3.8) is 0 Å². The Balaban J connectivity index is 2.02. The maximum Gasteiger partial charge on any atom is 0.335 e. The number of halogens is 1. The largest absolute Gasteiger partial charge is 0.478 e. The average Bonchev–Trinajstić information content (AvgIpc) is 2.51. The molecule has 0 aliphatic carbocycles. The second-order valence-corrected chi connectivity index (χ2v) is 5.96. The molecule has 1 aromatic carbocycles. The SMILES string of the molecule is CC(C)(O)OCCCc1cnc(-c2ccc(C(=O)O)cc2)c(F)c1. The van der Waals surface area contributed by atoms with Crippen LogP contribution in [0.5, 0.6) is 0 Å². The van der Waals surface area contributed by atoms with Gasteiger partial charge in [-0.05, 0) is 50.5 Å². The summed E-state index contributed by atoms with van der Waals surface area (Å²) < 4.78 is 19.4. The summed E-state index contributed by atoms with van der Waals surface area (Å²) in [5.41, 5.74) is 1.58. The van der Waals surface area contributed by atoms with Crippen LogP contribution in [-0.2, 0) is 11.2 Å². The molecule has 0 radical (unpaired) electrons. The summed E-state index contributed by atoms with van der Waals surface area (Å²) in [4.78, 5) is 15.0.